The van der Waals surface area contributed by atoms with Crippen LogP contribution in [0.15, 0.2) is 65.4 Å². The van der Waals surface area contributed by atoms with Crippen LogP contribution in [0.3, 0.4) is 0 Å². The lowest BCUT2D eigenvalue weighted by atomic mass is 10.1. The number of nitrogens with zero attached hydrogens (tertiary/aromatic N) is 3. The van der Waals surface area contributed by atoms with Crippen molar-refractivity contribution in [2.75, 3.05) is 16.8 Å². The third-order valence-electron chi connectivity index (χ3n) is 3.92. The fourth-order valence-electron chi connectivity index (χ4n) is 2.65. The second kappa shape index (κ2) is 9.23. The smallest absolute Gasteiger partial charge is 0.214 e. The van der Waals surface area contributed by atoms with Crippen LogP contribution in [-0.2, 0) is 17.8 Å². The van der Waals surface area contributed by atoms with Crippen molar-refractivity contribution in [2.24, 2.45) is 0 Å². The highest BCUT2D eigenvalue weighted by Gasteiger charge is 2.14. The predicted octanol–water partition coefficient (Wildman–Crippen LogP) is 4.20. The van der Waals surface area contributed by atoms with Crippen LogP contribution in [-0.4, -0.2) is 22.9 Å². The Morgan fingerprint density at radius 1 is 1.15 bits per heavy atom. The van der Waals surface area contributed by atoms with E-state index < -0.39 is 0 Å². The van der Waals surface area contributed by atoms with Gasteiger partial charge in [-0.2, -0.15) is 0 Å². The third-order valence-corrected chi connectivity index (χ3v) is 4.36. The number of carbonyl (C=O) groups is 1. The monoisotopic (exact) mass is 428 g/mol. The van der Waals surface area contributed by atoms with Crippen LogP contribution < -0.4 is 10.2 Å². The molecule has 0 aliphatic heterocycles. The van der Waals surface area contributed by atoms with E-state index in [2.05, 4.69) is 31.2 Å². The summed E-state index contributed by atoms with van der Waals surface area (Å²) >= 11 is 3.40. The van der Waals surface area contributed by atoms with Crippen molar-refractivity contribution >= 4 is 33.8 Å². The van der Waals surface area contributed by atoms with Crippen LogP contribution in [0.4, 0.5) is 15.9 Å². The van der Waals surface area contributed by atoms with Crippen molar-refractivity contribution < 1.29 is 9.18 Å². The normalized spacial score (nSPS) is 10.4. The Kier molecular flexibility index (Phi) is 6.49. The van der Waals surface area contributed by atoms with Crippen LogP contribution in [0.25, 0.3) is 0 Å². The summed E-state index contributed by atoms with van der Waals surface area (Å²) in [6.45, 7) is 0.891. The van der Waals surface area contributed by atoms with E-state index >= 15 is 0 Å². The van der Waals surface area contributed by atoms with E-state index in [0.717, 1.165) is 22.1 Å². The summed E-state index contributed by atoms with van der Waals surface area (Å²) in [5.74, 6) is 0.329. The second-order valence-electron chi connectivity index (χ2n) is 5.88. The summed E-state index contributed by atoms with van der Waals surface area (Å²) in [5.41, 5.74) is 2.31. The number of hydrogen-bond acceptors (Lipinski definition) is 4. The summed E-state index contributed by atoms with van der Waals surface area (Å²) in [5, 5.41) is 3.23. The van der Waals surface area contributed by atoms with Crippen LogP contribution in [0.5, 0.6) is 0 Å². The molecule has 1 N–H and O–H groups in total. The van der Waals surface area contributed by atoms with E-state index in [1.54, 1.807) is 23.4 Å². The van der Waals surface area contributed by atoms with Crippen molar-refractivity contribution in [3.8, 4) is 0 Å². The molecule has 3 rings (SSSR count). The molecular weight excluding hydrogens is 411 g/mol. The van der Waals surface area contributed by atoms with Crippen molar-refractivity contribution in [2.45, 2.75) is 13.0 Å². The number of carbonyl (C=O) groups excluding carboxylic acids is 1. The molecule has 0 saturated carbocycles. The van der Waals surface area contributed by atoms with Gasteiger partial charge in [0.25, 0.3) is 0 Å². The highest BCUT2D eigenvalue weighted by atomic mass is 79.9. The van der Waals surface area contributed by atoms with Gasteiger partial charge in [0.15, 0.2) is 0 Å². The minimum absolute atomic E-state index is 0.252. The molecule has 0 aliphatic rings. The Bertz CT molecular complexity index is 907. The van der Waals surface area contributed by atoms with Crippen molar-refractivity contribution in [1.29, 1.82) is 0 Å². The van der Waals surface area contributed by atoms with Crippen molar-refractivity contribution in [3.05, 3.63) is 82.5 Å². The molecule has 0 unspecified atom stereocenters. The molecule has 27 heavy (non-hydrogen) atoms. The van der Waals surface area contributed by atoms with Gasteiger partial charge >= 0.3 is 0 Å². The van der Waals surface area contributed by atoms with Gasteiger partial charge in [0, 0.05) is 23.4 Å². The van der Waals surface area contributed by atoms with E-state index in [0.29, 0.717) is 31.0 Å². The quantitative estimate of drug-likeness (QED) is 0.546. The Hall–Kier alpha value is -2.80. The molecule has 5 nitrogen and oxygen atoms in total. The molecule has 2 heterocycles. The number of amides is 1. The van der Waals surface area contributed by atoms with Gasteiger partial charge < -0.3 is 10.2 Å². The van der Waals surface area contributed by atoms with Crippen LogP contribution in [0, 0.1) is 5.82 Å². The van der Waals surface area contributed by atoms with Gasteiger partial charge in [0.05, 0.1) is 17.9 Å². The summed E-state index contributed by atoms with van der Waals surface area (Å²) < 4.78 is 14.1. The number of benzene rings is 1. The van der Waals surface area contributed by atoms with E-state index in [9.17, 15) is 9.18 Å². The highest BCUT2D eigenvalue weighted by Crippen LogP contribution is 2.27. The van der Waals surface area contributed by atoms with E-state index in [1.807, 2.05) is 30.3 Å². The topological polar surface area (TPSA) is 58.1 Å². The fraction of sp³-hybridized carbons (Fsp3) is 0.150. The van der Waals surface area contributed by atoms with Gasteiger partial charge in [0.2, 0.25) is 6.41 Å². The molecule has 0 radical (unpaired) electrons. The molecular formula is C20H18BrFN4O. The lowest BCUT2D eigenvalue weighted by Gasteiger charge is -2.20. The standard InChI is InChI=1S/C20H18BrFN4O/c21-16-11-19(26(14-27)13-18-6-1-2-8-23-18)20(25-12-16)24-9-7-15-4-3-5-17(22)10-15/h1-6,8,10-12,14H,7,9,13H2,(H,24,25). The van der Waals surface area contributed by atoms with E-state index in [1.165, 1.54) is 12.1 Å². The zero-order valence-corrected chi connectivity index (χ0v) is 16.1. The molecule has 0 saturated heterocycles. The molecule has 1 aromatic carbocycles. The number of nitrogens with one attached hydrogen (secondary N) is 1. The van der Waals surface area contributed by atoms with Gasteiger partial charge in [-0.25, -0.2) is 9.37 Å². The first-order valence-corrected chi connectivity index (χ1v) is 9.21. The molecule has 0 aliphatic carbocycles. The molecule has 138 valence electrons. The predicted molar refractivity (Wildman–Crippen MR) is 107 cm³/mol. The van der Waals surface area contributed by atoms with Crippen LogP contribution in [0.2, 0.25) is 0 Å². The molecule has 0 spiro atoms. The maximum atomic E-state index is 13.3. The van der Waals surface area contributed by atoms with Crippen molar-refractivity contribution in [3.63, 3.8) is 0 Å². The summed E-state index contributed by atoms with van der Waals surface area (Å²) in [6, 6.07) is 13.9. The van der Waals surface area contributed by atoms with E-state index in [-0.39, 0.29) is 5.82 Å². The molecule has 7 heteroatoms. The summed E-state index contributed by atoms with van der Waals surface area (Å²) in [6.07, 6.45) is 4.75. The Balaban J connectivity index is 1.74. The van der Waals surface area contributed by atoms with Gasteiger partial charge in [0.1, 0.15) is 11.6 Å². The fourth-order valence-corrected chi connectivity index (χ4v) is 2.97. The zero-order chi connectivity index (χ0) is 19.1. The second-order valence-corrected chi connectivity index (χ2v) is 6.80. The van der Waals surface area contributed by atoms with Gasteiger partial charge in [-0.3, -0.25) is 9.78 Å². The largest absolute Gasteiger partial charge is 0.368 e. The first kappa shape index (κ1) is 19.0. The average Bonchev–Trinajstić information content (AvgIpc) is 2.68. The first-order valence-electron chi connectivity index (χ1n) is 8.41. The Labute approximate surface area is 165 Å². The lowest BCUT2D eigenvalue weighted by Crippen LogP contribution is -2.23. The van der Waals surface area contributed by atoms with Crippen LogP contribution in [0.1, 0.15) is 11.3 Å². The summed E-state index contributed by atoms with van der Waals surface area (Å²) in [7, 11) is 0. The van der Waals surface area contributed by atoms with Crippen molar-refractivity contribution in [1.82, 2.24) is 9.97 Å². The molecule has 2 aromatic heterocycles. The molecule has 0 bridgehead atoms. The minimum Gasteiger partial charge on any atom is -0.368 e. The highest BCUT2D eigenvalue weighted by molar-refractivity contribution is 9.10. The zero-order valence-electron chi connectivity index (χ0n) is 14.5. The maximum absolute atomic E-state index is 13.3. The average molecular weight is 429 g/mol. The number of pyridine rings is 2. The summed E-state index contributed by atoms with van der Waals surface area (Å²) in [4.78, 5) is 21.9. The van der Waals surface area contributed by atoms with Gasteiger partial charge in [-0.05, 0) is 58.2 Å². The SMILES string of the molecule is O=CN(Cc1ccccn1)c1cc(Br)cnc1NCCc1cccc(F)c1. The molecule has 0 fully saturated rings. The lowest BCUT2D eigenvalue weighted by molar-refractivity contribution is -0.107. The number of halogens is 2. The number of hydrogen-bond donors (Lipinski definition) is 1. The molecule has 3 aromatic rings. The molecule has 1 amide bonds. The van der Waals surface area contributed by atoms with Crippen LogP contribution >= 0.6 is 15.9 Å². The van der Waals surface area contributed by atoms with Gasteiger partial charge in [-0.15, -0.1) is 0 Å². The number of anilines is 2. The Morgan fingerprint density at radius 3 is 2.78 bits per heavy atom. The minimum atomic E-state index is -0.252. The third kappa shape index (κ3) is 5.34. The van der Waals surface area contributed by atoms with E-state index in [4.69, 9.17) is 0 Å². The molecule has 0 atom stereocenters. The number of aromatic nitrogens is 2. The first-order chi connectivity index (χ1) is 13.2. The van der Waals surface area contributed by atoms with Gasteiger partial charge in [-0.1, -0.05) is 18.2 Å². The number of rotatable bonds is 8. The maximum Gasteiger partial charge on any atom is 0.214 e. The Morgan fingerprint density at radius 2 is 2.04 bits per heavy atom.